The van der Waals surface area contributed by atoms with Crippen molar-refractivity contribution in [1.29, 1.82) is 0 Å². The Bertz CT molecular complexity index is 791. The van der Waals surface area contributed by atoms with Gasteiger partial charge in [0.2, 0.25) is 0 Å². The molecule has 0 saturated carbocycles. The van der Waals surface area contributed by atoms with Crippen LogP contribution in [0.1, 0.15) is 89.2 Å². The molecule has 0 saturated heterocycles. The van der Waals surface area contributed by atoms with Gasteiger partial charge in [0.05, 0.1) is 13.2 Å². The lowest BCUT2D eigenvalue weighted by atomic mass is 9.84. The van der Waals surface area contributed by atoms with E-state index in [1.807, 2.05) is 12.1 Å². The predicted octanol–water partition coefficient (Wildman–Crippen LogP) is 8.43. The van der Waals surface area contributed by atoms with E-state index in [0.717, 1.165) is 36.8 Å². The Kier molecular flexibility index (Phi) is 9.83. The van der Waals surface area contributed by atoms with Crippen LogP contribution in [0.4, 0.5) is 8.78 Å². The largest absolute Gasteiger partial charge is 0.491 e. The molecule has 32 heavy (non-hydrogen) atoms. The number of hydrogen-bond donors (Lipinski definition) is 0. The molecule has 0 unspecified atom stereocenters. The van der Waals surface area contributed by atoms with Crippen molar-refractivity contribution in [2.45, 2.75) is 90.9 Å². The van der Waals surface area contributed by atoms with E-state index in [4.69, 9.17) is 9.47 Å². The molecule has 3 rings (SSSR count). The zero-order valence-corrected chi connectivity index (χ0v) is 19.8. The fourth-order valence-corrected chi connectivity index (χ4v) is 4.44. The first-order valence-electron chi connectivity index (χ1n) is 12.6. The smallest absolute Gasteiger partial charge is 0.168 e. The lowest BCUT2D eigenvalue weighted by Crippen LogP contribution is -2.11. The third-order valence-electron chi connectivity index (χ3n) is 6.34. The second kappa shape index (κ2) is 12.8. The van der Waals surface area contributed by atoms with Crippen LogP contribution in [0.5, 0.6) is 11.5 Å². The molecule has 0 aromatic heterocycles. The first-order valence-corrected chi connectivity index (χ1v) is 12.6. The van der Waals surface area contributed by atoms with Gasteiger partial charge in [-0.3, -0.25) is 0 Å². The molecule has 0 aliphatic heterocycles. The van der Waals surface area contributed by atoms with E-state index in [0.29, 0.717) is 48.7 Å². The van der Waals surface area contributed by atoms with Crippen LogP contribution in [0, 0.1) is 11.6 Å². The van der Waals surface area contributed by atoms with Crippen molar-refractivity contribution in [3.63, 3.8) is 0 Å². The molecule has 0 atom stereocenters. The van der Waals surface area contributed by atoms with Crippen LogP contribution in [-0.2, 0) is 12.8 Å². The summed E-state index contributed by atoms with van der Waals surface area (Å²) in [6.45, 7) is 5.44. The summed E-state index contributed by atoms with van der Waals surface area (Å²) in [6.07, 6.45) is 12.3. The summed E-state index contributed by atoms with van der Waals surface area (Å²) in [5.41, 5.74) is 2.79. The normalized spacial score (nSPS) is 12.4. The van der Waals surface area contributed by atoms with Gasteiger partial charge in [-0.1, -0.05) is 77.3 Å². The molecule has 4 heteroatoms. The maximum Gasteiger partial charge on any atom is 0.168 e. The van der Waals surface area contributed by atoms with Crippen LogP contribution in [-0.4, -0.2) is 13.2 Å². The molecule has 0 spiro atoms. The maximum atomic E-state index is 15.1. The van der Waals surface area contributed by atoms with Crippen LogP contribution in [0.15, 0.2) is 24.3 Å². The minimum atomic E-state index is -0.297. The fourth-order valence-electron chi connectivity index (χ4n) is 4.44. The number of halogens is 2. The minimum absolute atomic E-state index is 0.297. The van der Waals surface area contributed by atoms with E-state index in [2.05, 4.69) is 13.8 Å². The number of unbranched alkanes of at least 4 members (excludes halogenated alkanes) is 8. The highest BCUT2D eigenvalue weighted by Gasteiger charge is 2.25. The zero-order chi connectivity index (χ0) is 22.8. The van der Waals surface area contributed by atoms with Gasteiger partial charge in [0, 0.05) is 0 Å². The molecule has 1 aliphatic carbocycles. The molecule has 0 N–H and O–H groups in total. The lowest BCUT2D eigenvalue weighted by molar-refractivity contribution is 0.288. The van der Waals surface area contributed by atoms with Crippen molar-refractivity contribution < 1.29 is 18.3 Å². The maximum absolute atomic E-state index is 15.1. The monoisotopic (exact) mass is 444 g/mol. The minimum Gasteiger partial charge on any atom is -0.491 e. The number of hydrogen-bond acceptors (Lipinski definition) is 2. The van der Waals surface area contributed by atoms with Crippen LogP contribution in [0.2, 0.25) is 0 Å². The van der Waals surface area contributed by atoms with Gasteiger partial charge in [-0.15, -0.1) is 0 Å². The summed E-state index contributed by atoms with van der Waals surface area (Å²) in [4.78, 5) is 0. The Hall–Kier alpha value is -2.10. The van der Waals surface area contributed by atoms with E-state index in [1.54, 1.807) is 12.1 Å². The number of ether oxygens (including phenoxy) is 2. The van der Waals surface area contributed by atoms with Crippen molar-refractivity contribution >= 4 is 0 Å². The molecule has 0 fully saturated rings. The van der Waals surface area contributed by atoms with Crippen LogP contribution >= 0.6 is 0 Å². The average Bonchev–Trinajstić information content (AvgIpc) is 2.81. The molecular weight excluding hydrogens is 406 g/mol. The van der Waals surface area contributed by atoms with Crippen LogP contribution < -0.4 is 9.47 Å². The molecule has 176 valence electrons. The average molecular weight is 445 g/mol. The molecular formula is C28H38F2O2. The molecule has 2 aromatic rings. The Morgan fingerprint density at radius 3 is 1.41 bits per heavy atom. The Morgan fingerprint density at radius 2 is 1.00 bits per heavy atom. The fraction of sp³-hybridized carbons (Fsp3) is 0.571. The quantitative estimate of drug-likeness (QED) is 0.272. The summed E-state index contributed by atoms with van der Waals surface area (Å²) in [5, 5.41) is 0. The Labute approximate surface area is 192 Å². The first-order chi connectivity index (χ1) is 15.7. The summed E-state index contributed by atoms with van der Waals surface area (Å²) in [7, 11) is 0. The highest BCUT2D eigenvalue weighted by atomic mass is 19.1. The van der Waals surface area contributed by atoms with E-state index in [9.17, 15) is 0 Å². The van der Waals surface area contributed by atoms with Gasteiger partial charge in [0.25, 0.3) is 0 Å². The second-order valence-corrected chi connectivity index (χ2v) is 8.83. The van der Waals surface area contributed by atoms with Gasteiger partial charge in [0.1, 0.15) is 0 Å². The zero-order valence-electron chi connectivity index (χ0n) is 19.8. The van der Waals surface area contributed by atoms with Gasteiger partial charge in [-0.05, 0) is 60.1 Å². The van der Waals surface area contributed by atoms with Crippen molar-refractivity contribution in [3.8, 4) is 22.6 Å². The second-order valence-electron chi connectivity index (χ2n) is 8.83. The SMILES string of the molecule is CCCCCCCOc1ccc2c(c1F)CCc1c-2ccc(OCCCCCCC)c1F. The third-order valence-corrected chi connectivity index (χ3v) is 6.34. The van der Waals surface area contributed by atoms with E-state index in [-0.39, 0.29) is 11.6 Å². The van der Waals surface area contributed by atoms with Crippen LogP contribution in [0.3, 0.4) is 0 Å². The van der Waals surface area contributed by atoms with Gasteiger partial charge in [-0.2, -0.15) is 0 Å². The highest BCUT2D eigenvalue weighted by molar-refractivity contribution is 5.75. The van der Waals surface area contributed by atoms with E-state index in [1.165, 1.54) is 38.5 Å². The summed E-state index contributed by atoms with van der Waals surface area (Å²) >= 11 is 0. The van der Waals surface area contributed by atoms with Crippen LogP contribution in [0.25, 0.3) is 11.1 Å². The molecule has 2 nitrogen and oxygen atoms in total. The van der Waals surface area contributed by atoms with Gasteiger partial charge in [0.15, 0.2) is 23.1 Å². The lowest BCUT2D eigenvalue weighted by Gasteiger charge is -2.23. The molecule has 0 amide bonds. The first kappa shape index (κ1) is 24.5. The molecule has 1 aliphatic rings. The number of benzene rings is 2. The third kappa shape index (κ3) is 6.24. The topological polar surface area (TPSA) is 18.5 Å². The van der Waals surface area contributed by atoms with Crippen molar-refractivity contribution in [1.82, 2.24) is 0 Å². The number of fused-ring (bicyclic) bond motifs is 3. The Morgan fingerprint density at radius 1 is 0.594 bits per heavy atom. The van der Waals surface area contributed by atoms with E-state index < -0.39 is 0 Å². The molecule has 0 radical (unpaired) electrons. The highest BCUT2D eigenvalue weighted by Crippen LogP contribution is 2.40. The standard InChI is InChI=1S/C28H38F2O2/c1-3-5-7-9-11-19-31-25-17-15-21-22-16-18-26(32-20-12-10-8-6-4-2)28(30)24(22)14-13-23(21)27(25)29/h15-18H,3-14,19-20H2,1-2H3. The summed E-state index contributed by atoms with van der Waals surface area (Å²) in [5.74, 6) is 0.0291. The molecule has 0 bridgehead atoms. The van der Waals surface area contributed by atoms with Gasteiger partial charge < -0.3 is 9.47 Å². The molecule has 2 aromatic carbocycles. The Balaban J connectivity index is 1.63. The predicted molar refractivity (Wildman–Crippen MR) is 128 cm³/mol. The number of rotatable bonds is 14. The van der Waals surface area contributed by atoms with Gasteiger partial charge in [-0.25, -0.2) is 8.78 Å². The van der Waals surface area contributed by atoms with Gasteiger partial charge >= 0.3 is 0 Å². The summed E-state index contributed by atoms with van der Waals surface area (Å²) in [6, 6.07) is 7.12. The van der Waals surface area contributed by atoms with Crippen molar-refractivity contribution in [2.24, 2.45) is 0 Å². The van der Waals surface area contributed by atoms with Crippen molar-refractivity contribution in [3.05, 3.63) is 47.0 Å². The van der Waals surface area contributed by atoms with E-state index >= 15 is 8.78 Å². The molecule has 0 heterocycles. The summed E-state index contributed by atoms with van der Waals surface area (Å²) < 4.78 is 41.7. The van der Waals surface area contributed by atoms with Crippen molar-refractivity contribution in [2.75, 3.05) is 13.2 Å².